The zero-order valence-corrected chi connectivity index (χ0v) is 39.8. The highest BCUT2D eigenvalue weighted by atomic mass is 32.2. The van der Waals surface area contributed by atoms with Crippen LogP contribution in [0.1, 0.15) is 39.6 Å². The van der Waals surface area contributed by atoms with E-state index in [2.05, 4.69) is 15.8 Å². The van der Waals surface area contributed by atoms with Crippen molar-refractivity contribution in [2.24, 2.45) is 5.16 Å². The van der Waals surface area contributed by atoms with Gasteiger partial charge in [-0.05, 0) is 33.4 Å². The lowest BCUT2D eigenvalue weighted by Crippen LogP contribution is -2.71. The number of benzene rings is 5. The fourth-order valence-electron chi connectivity index (χ4n) is 8.44. The summed E-state index contributed by atoms with van der Waals surface area (Å²) in [5, 5.41) is 12.1. The smallest absolute Gasteiger partial charge is 0.448 e. The van der Waals surface area contributed by atoms with Crippen molar-refractivity contribution in [3.63, 3.8) is 0 Å². The quantitative estimate of drug-likeness (QED) is 0.0175. The van der Waals surface area contributed by atoms with Crippen LogP contribution in [-0.2, 0) is 36.0 Å². The molecule has 1 saturated heterocycles. The molecule has 0 spiro atoms. The molecule has 0 aliphatic carbocycles. The Kier molecular flexibility index (Phi) is 14.5. The van der Waals surface area contributed by atoms with Crippen LogP contribution in [0.5, 0.6) is 0 Å². The molecular weight excluding hydrogens is 954 g/mol. The summed E-state index contributed by atoms with van der Waals surface area (Å²) in [6.07, 6.45) is -2.51. The zero-order valence-electron chi connectivity index (χ0n) is 37.4. The second-order valence-corrected chi connectivity index (χ2v) is 19.2. The van der Waals surface area contributed by atoms with Crippen LogP contribution >= 0.6 is 34.9 Å². The van der Waals surface area contributed by atoms with Gasteiger partial charge in [0.05, 0.1) is 0 Å². The van der Waals surface area contributed by atoms with E-state index < -0.39 is 53.6 Å². The topological polar surface area (TPSA) is 126 Å². The Morgan fingerprint density at radius 1 is 0.814 bits per heavy atom. The number of alkyl halides is 3. The van der Waals surface area contributed by atoms with Crippen molar-refractivity contribution in [2.45, 2.75) is 40.7 Å². The van der Waals surface area contributed by atoms with E-state index in [0.29, 0.717) is 26.7 Å². The molecule has 2 N–H and O–H groups in total. The van der Waals surface area contributed by atoms with Crippen molar-refractivity contribution >= 4 is 63.5 Å². The number of hydrogen-bond acceptors (Lipinski definition) is 11. The summed E-state index contributed by atoms with van der Waals surface area (Å²) >= 11 is 3.95. The van der Waals surface area contributed by atoms with E-state index in [9.17, 15) is 27.6 Å². The number of anilines is 1. The van der Waals surface area contributed by atoms with Crippen molar-refractivity contribution < 1.29 is 41.7 Å². The van der Waals surface area contributed by atoms with E-state index >= 15 is 0 Å². The molecule has 1 fully saturated rings. The molecule has 17 heteroatoms. The van der Waals surface area contributed by atoms with Crippen LogP contribution in [0.2, 0.25) is 0 Å². The van der Waals surface area contributed by atoms with Crippen molar-refractivity contribution in [3.8, 4) is 0 Å². The average molecular weight is 998 g/mol. The second-order valence-electron chi connectivity index (χ2n) is 16.2. The van der Waals surface area contributed by atoms with Gasteiger partial charge in [-0.25, -0.2) is 9.78 Å². The Morgan fingerprint density at radius 3 is 1.86 bits per heavy atom. The Labute approximate surface area is 414 Å². The summed E-state index contributed by atoms with van der Waals surface area (Å²) in [6, 6.07) is 50.6. The molecule has 0 bridgehead atoms. The molecule has 2 amide bonds. The minimum Gasteiger partial charge on any atom is -0.448 e. The van der Waals surface area contributed by atoms with Gasteiger partial charge in [-0.2, -0.15) is 17.7 Å². The van der Waals surface area contributed by atoms with E-state index in [-0.39, 0.29) is 28.6 Å². The summed E-state index contributed by atoms with van der Waals surface area (Å²) in [7, 11) is 1.31. The van der Waals surface area contributed by atoms with Gasteiger partial charge in [0.2, 0.25) is 6.54 Å². The first kappa shape index (κ1) is 47.8. The van der Waals surface area contributed by atoms with Gasteiger partial charge in [-0.1, -0.05) is 157 Å². The molecule has 5 aromatic carbocycles. The fourth-order valence-corrected chi connectivity index (χ4v) is 11.6. The summed E-state index contributed by atoms with van der Waals surface area (Å²) in [5.74, 6) is -1.49. The van der Waals surface area contributed by atoms with Crippen molar-refractivity contribution in [2.75, 3.05) is 23.9 Å². The molecule has 70 heavy (non-hydrogen) atoms. The number of hydrogen-bond donors (Lipinski definition) is 2. The number of thiazole rings is 1. The van der Waals surface area contributed by atoms with Gasteiger partial charge in [-0.15, -0.1) is 34.9 Å². The number of esters is 1. The van der Waals surface area contributed by atoms with Crippen molar-refractivity contribution in [1.29, 1.82) is 0 Å². The number of rotatable bonds is 17. The first-order valence-corrected chi connectivity index (χ1v) is 24.9. The van der Waals surface area contributed by atoms with Crippen LogP contribution in [0, 0.1) is 0 Å². The van der Waals surface area contributed by atoms with Gasteiger partial charge < -0.3 is 20.2 Å². The highest BCUT2D eigenvalue weighted by Gasteiger charge is 2.55. The Morgan fingerprint density at radius 2 is 1.34 bits per heavy atom. The maximum atomic E-state index is 14.6. The molecule has 354 valence electrons. The lowest BCUT2D eigenvalue weighted by atomic mass is 9.77. The number of carbonyl (C=O) groups is 3. The highest BCUT2D eigenvalue weighted by Crippen LogP contribution is 2.44. The number of nitrogens with one attached hydrogen (secondary N) is 2. The third-order valence-corrected chi connectivity index (χ3v) is 14.8. The summed E-state index contributed by atoms with van der Waals surface area (Å²) in [4.78, 5) is 55.4. The van der Waals surface area contributed by atoms with Crippen LogP contribution in [-0.4, -0.2) is 69.6 Å². The molecule has 11 nitrogen and oxygen atoms in total. The Bertz CT molecular complexity index is 2870. The number of halogens is 3. The molecule has 2 aliphatic heterocycles. The van der Waals surface area contributed by atoms with Gasteiger partial charge in [0, 0.05) is 33.9 Å². The van der Waals surface area contributed by atoms with Crippen LogP contribution in [0.15, 0.2) is 203 Å². The van der Waals surface area contributed by atoms with E-state index in [1.165, 1.54) is 59.3 Å². The number of β-lactam (4-membered cyclic amide) rings is 1. The molecule has 0 unspecified atom stereocenters. The van der Waals surface area contributed by atoms with Gasteiger partial charge in [0.15, 0.2) is 29.3 Å². The lowest BCUT2D eigenvalue weighted by Gasteiger charge is -2.49. The van der Waals surface area contributed by atoms with E-state index in [0.717, 1.165) is 21.3 Å². The minimum absolute atomic E-state index is 0.0476. The minimum atomic E-state index is -4.38. The predicted octanol–water partition coefficient (Wildman–Crippen LogP) is 9.53. The molecular formula is C53H44F3N6O5S3+. The molecule has 2 atom stereocenters. The normalized spacial score (nSPS) is 16.0. The van der Waals surface area contributed by atoms with Crippen molar-refractivity contribution in [3.05, 3.63) is 226 Å². The van der Waals surface area contributed by atoms with Gasteiger partial charge in [-0.3, -0.25) is 14.5 Å². The summed E-state index contributed by atoms with van der Waals surface area (Å²) in [6.45, 7) is -1.13. The number of aromatic nitrogens is 2. The lowest BCUT2D eigenvalue weighted by molar-refractivity contribution is -0.719. The van der Waals surface area contributed by atoms with E-state index in [1.807, 2.05) is 152 Å². The number of carbonyl (C=O) groups excluding carboxylic acids is 3. The number of ether oxygens (including phenoxy) is 1. The van der Waals surface area contributed by atoms with E-state index in [1.54, 1.807) is 17.5 Å². The second kappa shape index (κ2) is 21.2. The van der Waals surface area contributed by atoms with Crippen LogP contribution in [0.25, 0.3) is 0 Å². The molecule has 4 heterocycles. The van der Waals surface area contributed by atoms with Crippen LogP contribution < -0.4 is 15.2 Å². The molecule has 0 saturated carbocycles. The van der Waals surface area contributed by atoms with Gasteiger partial charge >= 0.3 is 12.1 Å². The first-order chi connectivity index (χ1) is 34.0. The molecule has 2 aromatic heterocycles. The van der Waals surface area contributed by atoms with E-state index in [4.69, 9.17) is 14.6 Å². The number of amides is 2. The van der Waals surface area contributed by atoms with Crippen LogP contribution in [0.4, 0.5) is 18.3 Å². The highest BCUT2D eigenvalue weighted by molar-refractivity contribution is 8.01. The Hall–Kier alpha value is -7.21. The predicted molar refractivity (Wildman–Crippen MR) is 265 cm³/mol. The van der Waals surface area contributed by atoms with Crippen LogP contribution in [0.3, 0.4) is 0 Å². The van der Waals surface area contributed by atoms with Gasteiger partial charge in [0.25, 0.3) is 11.8 Å². The molecule has 0 radical (unpaired) electrons. The monoisotopic (exact) mass is 997 g/mol. The summed E-state index contributed by atoms with van der Waals surface area (Å²) in [5.41, 5.74) is 4.08. The zero-order chi connectivity index (χ0) is 48.7. The van der Waals surface area contributed by atoms with Gasteiger partial charge in [0.1, 0.15) is 35.5 Å². The third-order valence-electron chi connectivity index (χ3n) is 11.7. The summed E-state index contributed by atoms with van der Waals surface area (Å²) < 4.78 is 46.5. The molecule has 9 rings (SSSR count). The van der Waals surface area contributed by atoms with Crippen molar-refractivity contribution in [1.82, 2.24) is 15.2 Å². The SMILES string of the molecule is CO/N=C(\C(=O)N[C@@H]1C(=O)N2C(C(=O)OC(c3ccccc3)c3ccccc3)=C(CSc3cc[n+](CC(F)(F)F)cc3)CS[C@H]12)c1csc(NC(c2ccccc2)(c2ccccc2)c2ccccc2)n1. The largest absolute Gasteiger partial charge is 0.448 e. The number of oxime groups is 1. The third kappa shape index (κ3) is 10.4. The molecule has 7 aromatic rings. The maximum Gasteiger partial charge on any atom is 0.448 e. The first-order valence-electron chi connectivity index (χ1n) is 22.0. The molecule has 2 aliphatic rings. The number of thioether (sulfide) groups is 2. The maximum absolute atomic E-state index is 14.6. The number of pyridine rings is 1. The fraction of sp³-hybridized carbons (Fsp3) is 0.170. The number of nitrogens with zero attached hydrogens (tertiary/aromatic N) is 4. The number of fused-ring (bicyclic) bond motifs is 1. The Balaban J connectivity index is 0.979. The average Bonchev–Trinajstić information content (AvgIpc) is 3.86. The standard InChI is InChI=1S/C53H43F3N6O5S3/c1-66-60-43(42-33-70-51(57-42)59-53(38-21-11-4-12-22-38,39-23-13-5-14-24-39)40-25-15-6-16-26-40)47(63)58-44-48(64)62-45(50(65)67-46(35-17-7-2-8-18-35)36-19-9-3-10-20-36)37(32-69-49(44)62)31-68-41-27-29-61(30-28-41)34-52(54,55)56/h2-30,33,44,46,49H,31-32,34H2,1H3,(H-,57,58,59,63)/p+1/b60-43-/t44-,49-/m1/s1.